The molecule has 1 fully saturated rings. The molecule has 18 heavy (non-hydrogen) atoms. The zero-order valence-electron chi connectivity index (χ0n) is 10.1. The van der Waals surface area contributed by atoms with Gasteiger partial charge in [-0.25, -0.2) is 8.42 Å². The third-order valence-electron chi connectivity index (χ3n) is 3.07. The molecule has 0 aliphatic heterocycles. The third-order valence-corrected chi connectivity index (χ3v) is 5.44. The van der Waals surface area contributed by atoms with E-state index < -0.39 is 10.0 Å². The monoisotopic (exact) mass is 289 g/mol. The van der Waals surface area contributed by atoms with E-state index in [0.29, 0.717) is 12.1 Å². The Hall–Kier alpha value is -0.620. The van der Waals surface area contributed by atoms with Gasteiger partial charge in [0, 0.05) is 17.6 Å². The molecule has 4 nitrogen and oxygen atoms in total. The Morgan fingerprint density at radius 1 is 1.44 bits per heavy atom. The van der Waals surface area contributed by atoms with Crippen molar-refractivity contribution in [1.82, 2.24) is 4.31 Å². The number of aliphatic hydroxyl groups excluding tert-OH is 1. The molecular weight excluding hydrogens is 274 g/mol. The van der Waals surface area contributed by atoms with E-state index in [-0.39, 0.29) is 22.6 Å². The number of sulfonamides is 1. The number of aliphatic hydroxyl groups is 1. The van der Waals surface area contributed by atoms with E-state index in [2.05, 4.69) is 0 Å². The first-order valence-electron chi connectivity index (χ1n) is 5.91. The molecule has 0 heterocycles. The molecule has 1 N–H and O–H groups in total. The molecule has 1 aromatic rings. The lowest BCUT2D eigenvalue weighted by Gasteiger charge is -2.20. The van der Waals surface area contributed by atoms with Gasteiger partial charge in [-0.2, -0.15) is 4.31 Å². The van der Waals surface area contributed by atoms with Crippen molar-refractivity contribution in [2.24, 2.45) is 0 Å². The zero-order valence-corrected chi connectivity index (χ0v) is 11.7. The van der Waals surface area contributed by atoms with Crippen molar-refractivity contribution in [1.29, 1.82) is 0 Å². The molecule has 0 spiro atoms. The van der Waals surface area contributed by atoms with Gasteiger partial charge in [-0.1, -0.05) is 24.6 Å². The first-order valence-corrected chi connectivity index (χ1v) is 7.73. The van der Waals surface area contributed by atoms with Crippen LogP contribution in [-0.4, -0.2) is 30.4 Å². The van der Waals surface area contributed by atoms with Crippen LogP contribution in [-0.2, 0) is 16.6 Å². The Labute approximate surface area is 112 Å². The van der Waals surface area contributed by atoms with Crippen LogP contribution in [0.15, 0.2) is 23.1 Å². The Morgan fingerprint density at radius 3 is 2.56 bits per heavy atom. The van der Waals surface area contributed by atoms with Gasteiger partial charge in [-0.15, -0.1) is 0 Å². The first kappa shape index (κ1) is 13.8. The summed E-state index contributed by atoms with van der Waals surface area (Å²) in [6.45, 7) is 2.10. The predicted molar refractivity (Wildman–Crippen MR) is 70.0 cm³/mol. The van der Waals surface area contributed by atoms with Crippen LogP contribution < -0.4 is 0 Å². The molecule has 1 aliphatic rings. The lowest BCUT2D eigenvalue weighted by Crippen LogP contribution is -2.32. The Morgan fingerprint density at radius 2 is 2.11 bits per heavy atom. The predicted octanol–water partition coefficient (Wildman–Crippen LogP) is 2.01. The van der Waals surface area contributed by atoms with Gasteiger partial charge in [-0.3, -0.25) is 0 Å². The highest BCUT2D eigenvalue weighted by Crippen LogP contribution is 2.32. The van der Waals surface area contributed by atoms with Crippen molar-refractivity contribution >= 4 is 21.6 Å². The topological polar surface area (TPSA) is 57.6 Å². The maximum atomic E-state index is 12.4. The molecule has 6 heteroatoms. The summed E-state index contributed by atoms with van der Waals surface area (Å²) in [4.78, 5) is 0.193. The number of rotatable bonds is 5. The quantitative estimate of drug-likeness (QED) is 0.902. The van der Waals surface area contributed by atoms with Crippen molar-refractivity contribution in [2.45, 2.75) is 37.3 Å². The van der Waals surface area contributed by atoms with Crippen molar-refractivity contribution in [3.8, 4) is 0 Å². The van der Waals surface area contributed by atoms with Crippen molar-refractivity contribution in [3.05, 3.63) is 28.8 Å². The summed E-state index contributed by atoms with van der Waals surface area (Å²) in [5.74, 6) is 0. The molecule has 1 saturated carbocycles. The fourth-order valence-corrected chi connectivity index (χ4v) is 3.96. The lowest BCUT2D eigenvalue weighted by molar-refractivity contribution is 0.282. The summed E-state index contributed by atoms with van der Waals surface area (Å²) in [6.07, 6.45) is 1.85. The Kier molecular flexibility index (Phi) is 3.96. The maximum absolute atomic E-state index is 12.4. The first-order chi connectivity index (χ1) is 8.50. The smallest absolute Gasteiger partial charge is 0.243 e. The highest BCUT2D eigenvalue weighted by molar-refractivity contribution is 7.89. The van der Waals surface area contributed by atoms with Crippen LogP contribution in [0.4, 0.5) is 0 Å². The normalized spacial score (nSPS) is 16.2. The zero-order chi connectivity index (χ0) is 13.3. The minimum absolute atomic E-state index is 0.135. The van der Waals surface area contributed by atoms with E-state index in [9.17, 15) is 8.42 Å². The molecule has 0 aromatic heterocycles. The Bertz CT molecular complexity index is 540. The van der Waals surface area contributed by atoms with Crippen LogP contribution in [0.25, 0.3) is 0 Å². The van der Waals surface area contributed by atoms with Crippen molar-refractivity contribution in [3.63, 3.8) is 0 Å². The van der Waals surface area contributed by atoms with Gasteiger partial charge in [0.25, 0.3) is 0 Å². The number of hydrogen-bond donors (Lipinski definition) is 1. The molecule has 0 atom stereocenters. The summed E-state index contributed by atoms with van der Waals surface area (Å²) >= 11 is 5.94. The summed E-state index contributed by atoms with van der Waals surface area (Å²) in [5, 5.41) is 9.30. The van der Waals surface area contributed by atoms with Gasteiger partial charge in [-0.05, 0) is 30.5 Å². The molecule has 0 radical (unpaired) electrons. The Balaban J connectivity index is 2.37. The van der Waals surface area contributed by atoms with Gasteiger partial charge < -0.3 is 5.11 Å². The molecule has 0 amide bonds. The highest BCUT2D eigenvalue weighted by Gasteiger charge is 2.36. The minimum atomic E-state index is -3.47. The molecule has 0 unspecified atom stereocenters. The molecule has 0 bridgehead atoms. The summed E-state index contributed by atoms with van der Waals surface area (Å²) < 4.78 is 26.3. The second kappa shape index (κ2) is 5.17. The standard InChI is InChI=1S/C12H16ClNO3S/c1-2-14(10-4-5-10)18(16,17)11-6-3-9(8-15)12(13)7-11/h3,6-7,10,15H,2,4-5,8H2,1H3. The van der Waals surface area contributed by atoms with Gasteiger partial charge in [0.15, 0.2) is 0 Å². The van der Waals surface area contributed by atoms with E-state index in [1.54, 1.807) is 6.07 Å². The van der Waals surface area contributed by atoms with Gasteiger partial charge in [0.05, 0.1) is 11.5 Å². The van der Waals surface area contributed by atoms with Gasteiger partial charge >= 0.3 is 0 Å². The van der Waals surface area contributed by atoms with Gasteiger partial charge in [0.1, 0.15) is 0 Å². The second-order valence-corrected chi connectivity index (χ2v) is 6.65. The lowest BCUT2D eigenvalue weighted by atomic mass is 10.2. The molecule has 0 saturated heterocycles. The summed E-state index contributed by atoms with van der Waals surface area (Å²) in [7, 11) is -3.47. The van der Waals surface area contributed by atoms with Crippen LogP contribution in [0, 0.1) is 0 Å². The fraction of sp³-hybridized carbons (Fsp3) is 0.500. The van der Waals surface area contributed by atoms with Crippen LogP contribution in [0.5, 0.6) is 0 Å². The average molecular weight is 290 g/mol. The maximum Gasteiger partial charge on any atom is 0.243 e. The average Bonchev–Trinajstić information content (AvgIpc) is 3.14. The fourth-order valence-electron chi connectivity index (χ4n) is 1.94. The van der Waals surface area contributed by atoms with Crippen LogP contribution in [0.1, 0.15) is 25.3 Å². The number of hydrogen-bond acceptors (Lipinski definition) is 3. The van der Waals surface area contributed by atoms with E-state index >= 15 is 0 Å². The largest absolute Gasteiger partial charge is 0.392 e. The van der Waals surface area contributed by atoms with Crippen molar-refractivity contribution in [2.75, 3.05) is 6.54 Å². The number of nitrogens with zero attached hydrogens (tertiary/aromatic N) is 1. The van der Waals surface area contributed by atoms with Crippen LogP contribution >= 0.6 is 11.6 Å². The van der Waals surface area contributed by atoms with Crippen LogP contribution in [0.2, 0.25) is 5.02 Å². The summed E-state index contributed by atoms with van der Waals surface area (Å²) in [5.41, 5.74) is 0.532. The van der Waals surface area contributed by atoms with Crippen LogP contribution in [0.3, 0.4) is 0 Å². The van der Waals surface area contributed by atoms with E-state index in [4.69, 9.17) is 16.7 Å². The molecule has 1 aliphatic carbocycles. The molecule has 2 rings (SSSR count). The van der Waals surface area contributed by atoms with Crippen molar-refractivity contribution < 1.29 is 13.5 Å². The minimum Gasteiger partial charge on any atom is -0.392 e. The second-order valence-electron chi connectivity index (χ2n) is 4.35. The molecule has 1 aromatic carbocycles. The third kappa shape index (κ3) is 2.54. The summed E-state index contributed by atoms with van der Waals surface area (Å²) in [6, 6.07) is 4.60. The SMILES string of the molecule is CCN(C1CC1)S(=O)(=O)c1ccc(CO)c(Cl)c1. The number of benzene rings is 1. The van der Waals surface area contributed by atoms with E-state index in [1.807, 2.05) is 6.92 Å². The van der Waals surface area contributed by atoms with E-state index in [0.717, 1.165) is 12.8 Å². The molecular formula is C12H16ClNO3S. The number of halogens is 1. The van der Waals surface area contributed by atoms with Gasteiger partial charge in [0.2, 0.25) is 10.0 Å². The molecule has 100 valence electrons. The van der Waals surface area contributed by atoms with E-state index in [1.165, 1.54) is 16.4 Å². The highest BCUT2D eigenvalue weighted by atomic mass is 35.5.